The number of benzene rings is 2. The highest BCUT2D eigenvalue weighted by Gasteiger charge is 2.14. The van der Waals surface area contributed by atoms with Gasteiger partial charge in [-0.2, -0.15) is 4.68 Å². The molecule has 2 heterocycles. The number of imidazole rings is 1. The topological polar surface area (TPSA) is 101 Å². The number of aryl methyl sites for hydroxylation is 2. The number of hydrogen-bond acceptors (Lipinski definition) is 6. The Labute approximate surface area is 159 Å². The van der Waals surface area contributed by atoms with E-state index in [0.717, 1.165) is 27.8 Å². The number of aromatic amines is 1. The number of nitrogens with zero attached hydrogens (tertiary/aromatic N) is 5. The number of H-pyrrole nitrogens is 1. The maximum absolute atomic E-state index is 12.3. The maximum Gasteiger partial charge on any atom is 0.237 e. The highest BCUT2D eigenvalue weighted by molar-refractivity contribution is 7.99. The summed E-state index contributed by atoms with van der Waals surface area (Å²) in [5, 5.41) is 15.2. The summed E-state index contributed by atoms with van der Waals surface area (Å²) in [4.78, 5) is 19.7. The quantitative estimate of drug-likeness (QED) is 0.517. The number of hydrogen-bond donors (Lipinski definition) is 2. The Morgan fingerprint density at radius 1 is 1.22 bits per heavy atom. The molecule has 1 amide bonds. The minimum Gasteiger partial charge on any atom is -0.324 e. The van der Waals surface area contributed by atoms with Crippen LogP contribution in [-0.4, -0.2) is 41.8 Å². The minimum absolute atomic E-state index is 0.169. The van der Waals surface area contributed by atoms with Crippen LogP contribution in [-0.2, 0) is 4.79 Å². The Morgan fingerprint density at radius 2 is 2.07 bits per heavy atom. The minimum atomic E-state index is -0.186. The summed E-state index contributed by atoms with van der Waals surface area (Å²) in [6.45, 7) is 4.01. The second-order valence-electron chi connectivity index (χ2n) is 6.10. The van der Waals surface area contributed by atoms with E-state index in [0.29, 0.717) is 11.1 Å². The smallest absolute Gasteiger partial charge is 0.237 e. The molecule has 2 N–H and O–H groups in total. The van der Waals surface area contributed by atoms with Gasteiger partial charge in [0, 0.05) is 0 Å². The molecule has 0 aliphatic rings. The highest BCUT2D eigenvalue weighted by atomic mass is 32.2. The Morgan fingerprint density at radius 3 is 2.93 bits per heavy atom. The van der Waals surface area contributed by atoms with Crippen LogP contribution in [0.1, 0.15) is 11.1 Å². The zero-order valence-electron chi connectivity index (χ0n) is 14.8. The maximum atomic E-state index is 12.3. The molecule has 0 aliphatic heterocycles. The van der Waals surface area contributed by atoms with Crippen LogP contribution in [0.25, 0.3) is 16.7 Å². The van der Waals surface area contributed by atoms with E-state index in [9.17, 15) is 4.79 Å². The predicted octanol–water partition coefficient (Wildman–Crippen LogP) is 2.89. The van der Waals surface area contributed by atoms with Crippen LogP contribution in [0.4, 0.5) is 5.95 Å². The van der Waals surface area contributed by atoms with Crippen molar-refractivity contribution in [2.45, 2.75) is 19.0 Å². The van der Waals surface area contributed by atoms with Crippen LogP contribution in [0.15, 0.2) is 47.6 Å². The van der Waals surface area contributed by atoms with Crippen LogP contribution in [0.2, 0.25) is 0 Å². The molecule has 0 atom stereocenters. The molecule has 2 aromatic heterocycles. The Bertz CT molecular complexity index is 1080. The van der Waals surface area contributed by atoms with Gasteiger partial charge in [0.15, 0.2) is 0 Å². The van der Waals surface area contributed by atoms with Gasteiger partial charge in [-0.05, 0) is 53.6 Å². The van der Waals surface area contributed by atoms with Crippen molar-refractivity contribution in [3.63, 3.8) is 0 Å². The molecular formula is C18H17N7OS. The second-order valence-corrected chi connectivity index (χ2v) is 7.05. The van der Waals surface area contributed by atoms with Crippen LogP contribution >= 0.6 is 11.8 Å². The summed E-state index contributed by atoms with van der Waals surface area (Å²) >= 11 is 1.27. The Hall–Kier alpha value is -3.20. The van der Waals surface area contributed by atoms with E-state index in [-0.39, 0.29) is 11.7 Å². The highest BCUT2D eigenvalue weighted by Crippen LogP contribution is 2.22. The molecule has 8 nitrogen and oxygen atoms in total. The summed E-state index contributed by atoms with van der Waals surface area (Å²) < 4.78 is 1.65. The molecule has 9 heteroatoms. The zero-order chi connectivity index (χ0) is 18.8. The third kappa shape index (κ3) is 3.68. The van der Waals surface area contributed by atoms with E-state index < -0.39 is 0 Å². The Kier molecular flexibility index (Phi) is 4.59. The fraction of sp³-hybridized carbons (Fsp3) is 0.167. The SMILES string of the molecule is Cc1ccc(C)c(-n2nnnc2SCC(=O)Nc2nc3ccccc3[nH]2)c1. The van der Waals surface area contributed by atoms with Crippen LogP contribution in [0, 0.1) is 13.8 Å². The fourth-order valence-corrected chi connectivity index (χ4v) is 3.36. The third-order valence-corrected chi connectivity index (χ3v) is 4.93. The number of amides is 1. The van der Waals surface area contributed by atoms with Gasteiger partial charge in [-0.1, -0.05) is 36.0 Å². The average molecular weight is 379 g/mol. The molecule has 4 aromatic rings. The lowest BCUT2D eigenvalue weighted by molar-refractivity contribution is -0.113. The van der Waals surface area contributed by atoms with Gasteiger partial charge in [-0.3, -0.25) is 10.1 Å². The molecule has 0 spiro atoms. The summed E-state index contributed by atoms with van der Waals surface area (Å²) in [6, 6.07) is 13.7. The first kappa shape index (κ1) is 17.2. The van der Waals surface area contributed by atoms with Crippen molar-refractivity contribution in [3.05, 3.63) is 53.6 Å². The number of fused-ring (bicyclic) bond motifs is 1. The summed E-state index contributed by atoms with van der Waals surface area (Å²) in [7, 11) is 0. The number of para-hydroxylation sites is 2. The predicted molar refractivity (Wildman–Crippen MR) is 104 cm³/mol. The van der Waals surface area contributed by atoms with Gasteiger partial charge in [0.05, 0.1) is 22.5 Å². The van der Waals surface area contributed by atoms with Crippen molar-refractivity contribution >= 4 is 34.7 Å². The average Bonchev–Trinajstić information content (AvgIpc) is 3.28. The number of tetrazole rings is 1. The first-order valence-corrected chi connectivity index (χ1v) is 9.32. The van der Waals surface area contributed by atoms with Crippen molar-refractivity contribution in [1.82, 2.24) is 30.2 Å². The van der Waals surface area contributed by atoms with E-state index in [1.807, 2.05) is 56.3 Å². The third-order valence-electron chi connectivity index (χ3n) is 4.01. The van der Waals surface area contributed by atoms with E-state index in [1.54, 1.807) is 4.68 Å². The first-order valence-electron chi connectivity index (χ1n) is 8.33. The lowest BCUT2D eigenvalue weighted by atomic mass is 10.1. The van der Waals surface area contributed by atoms with E-state index in [2.05, 4.69) is 30.8 Å². The van der Waals surface area contributed by atoms with Crippen LogP contribution in [0.5, 0.6) is 0 Å². The molecular weight excluding hydrogens is 362 g/mol. The van der Waals surface area contributed by atoms with Gasteiger partial charge < -0.3 is 4.98 Å². The molecule has 0 radical (unpaired) electrons. The molecule has 0 saturated heterocycles. The Balaban J connectivity index is 1.45. The van der Waals surface area contributed by atoms with Gasteiger partial charge in [0.2, 0.25) is 17.0 Å². The molecule has 0 bridgehead atoms. The van der Waals surface area contributed by atoms with Crippen molar-refractivity contribution in [2.24, 2.45) is 0 Å². The van der Waals surface area contributed by atoms with Crippen molar-refractivity contribution in [3.8, 4) is 5.69 Å². The van der Waals surface area contributed by atoms with Gasteiger partial charge in [-0.25, -0.2) is 4.98 Å². The molecule has 2 aromatic carbocycles. The zero-order valence-corrected chi connectivity index (χ0v) is 15.6. The van der Waals surface area contributed by atoms with E-state index >= 15 is 0 Å². The van der Waals surface area contributed by atoms with Gasteiger partial charge >= 0.3 is 0 Å². The molecule has 0 fully saturated rings. The first-order chi connectivity index (χ1) is 13.1. The fourth-order valence-electron chi connectivity index (χ4n) is 2.68. The van der Waals surface area contributed by atoms with Crippen molar-refractivity contribution < 1.29 is 4.79 Å². The van der Waals surface area contributed by atoms with Gasteiger partial charge in [-0.15, -0.1) is 5.10 Å². The van der Waals surface area contributed by atoms with Crippen molar-refractivity contribution in [2.75, 3.05) is 11.1 Å². The molecule has 0 unspecified atom stereocenters. The number of rotatable bonds is 5. The summed E-state index contributed by atoms with van der Waals surface area (Å²) in [5.41, 5.74) is 4.75. The lowest BCUT2D eigenvalue weighted by Gasteiger charge is -2.08. The normalized spacial score (nSPS) is 11.0. The monoisotopic (exact) mass is 379 g/mol. The molecule has 136 valence electrons. The van der Waals surface area contributed by atoms with E-state index in [1.165, 1.54) is 11.8 Å². The summed E-state index contributed by atoms with van der Waals surface area (Å²) in [5.74, 6) is 0.410. The number of carbonyl (C=O) groups excluding carboxylic acids is 1. The van der Waals surface area contributed by atoms with Crippen molar-refractivity contribution in [1.29, 1.82) is 0 Å². The van der Waals surface area contributed by atoms with E-state index in [4.69, 9.17) is 0 Å². The number of thioether (sulfide) groups is 1. The molecule has 0 aliphatic carbocycles. The lowest BCUT2D eigenvalue weighted by Crippen LogP contribution is -2.15. The number of aromatic nitrogens is 6. The molecule has 4 rings (SSSR count). The molecule has 27 heavy (non-hydrogen) atoms. The number of nitrogens with one attached hydrogen (secondary N) is 2. The largest absolute Gasteiger partial charge is 0.324 e. The second kappa shape index (κ2) is 7.20. The van der Waals surface area contributed by atoms with Gasteiger partial charge in [0.1, 0.15) is 0 Å². The summed E-state index contributed by atoms with van der Waals surface area (Å²) in [6.07, 6.45) is 0. The van der Waals surface area contributed by atoms with Crippen LogP contribution < -0.4 is 5.32 Å². The molecule has 0 saturated carbocycles. The van der Waals surface area contributed by atoms with Crippen LogP contribution in [0.3, 0.4) is 0 Å². The number of carbonyl (C=O) groups is 1. The number of anilines is 1. The van der Waals surface area contributed by atoms with Gasteiger partial charge in [0.25, 0.3) is 0 Å². The standard InChI is InChI=1S/C18H17N7OS/c1-11-7-8-12(2)15(9-11)25-18(22-23-24-25)27-10-16(26)21-17-19-13-5-3-4-6-14(13)20-17/h3-9H,10H2,1-2H3,(H2,19,20,21,26).